The first-order valence-corrected chi connectivity index (χ1v) is 6.36. The highest BCUT2D eigenvalue weighted by Crippen LogP contribution is 2.35. The van der Waals surface area contributed by atoms with Gasteiger partial charge in [-0.05, 0) is 17.2 Å². The van der Waals surface area contributed by atoms with Crippen LogP contribution >= 0.6 is 0 Å². The molecule has 0 saturated carbocycles. The van der Waals surface area contributed by atoms with Crippen LogP contribution in [0.1, 0.15) is 16.7 Å². The molecule has 2 nitrogen and oxygen atoms in total. The van der Waals surface area contributed by atoms with Gasteiger partial charge in [0.05, 0.1) is 6.57 Å². The third kappa shape index (κ3) is 3.01. The molecule has 0 aliphatic carbocycles. The van der Waals surface area contributed by atoms with E-state index in [1.807, 2.05) is 30.3 Å². The molecule has 0 fully saturated rings. The van der Waals surface area contributed by atoms with Crippen molar-refractivity contribution < 1.29 is 9.13 Å². The first-order valence-electron chi connectivity index (χ1n) is 6.36. The smallest absolute Gasteiger partial charge is 0.204 e. The highest BCUT2D eigenvalue weighted by molar-refractivity contribution is 5.78. The molecule has 2 rings (SSSR count). The fourth-order valence-corrected chi connectivity index (χ4v) is 1.97. The molecule has 0 radical (unpaired) electrons. The van der Waals surface area contributed by atoms with Gasteiger partial charge in [0.2, 0.25) is 5.69 Å². The Hall–Kier alpha value is -2.86. The molecule has 0 atom stereocenters. The van der Waals surface area contributed by atoms with Crippen molar-refractivity contribution in [1.29, 1.82) is 0 Å². The Morgan fingerprint density at radius 2 is 1.90 bits per heavy atom. The predicted octanol–water partition coefficient (Wildman–Crippen LogP) is 5.24. The second-order valence-corrected chi connectivity index (χ2v) is 4.33. The van der Waals surface area contributed by atoms with Gasteiger partial charge in [0.15, 0.2) is 11.6 Å². The molecule has 0 heterocycles. The van der Waals surface area contributed by atoms with Gasteiger partial charge in [-0.2, -0.15) is 0 Å². The van der Waals surface area contributed by atoms with Crippen molar-refractivity contribution in [3.63, 3.8) is 0 Å². The Morgan fingerprint density at radius 3 is 2.48 bits per heavy atom. The molecule has 3 heteroatoms. The third-order valence-electron chi connectivity index (χ3n) is 3.04. The number of hydrogen-bond acceptors (Lipinski definition) is 1. The van der Waals surface area contributed by atoms with E-state index in [1.54, 1.807) is 0 Å². The lowest BCUT2D eigenvalue weighted by Gasteiger charge is -2.12. The van der Waals surface area contributed by atoms with Crippen molar-refractivity contribution in [3.05, 3.63) is 83.5 Å². The van der Waals surface area contributed by atoms with Crippen LogP contribution < -0.4 is 4.74 Å². The Morgan fingerprint density at radius 1 is 1.19 bits per heavy atom. The van der Waals surface area contributed by atoms with Crippen LogP contribution in [0, 0.1) is 12.4 Å². The van der Waals surface area contributed by atoms with Crippen molar-refractivity contribution >= 4 is 17.8 Å². The molecular weight excluding hydrogens is 265 g/mol. The molecule has 0 aliphatic rings. The van der Waals surface area contributed by atoms with Crippen molar-refractivity contribution in [3.8, 4) is 5.75 Å². The summed E-state index contributed by atoms with van der Waals surface area (Å²) in [6.45, 7) is 14.6. The van der Waals surface area contributed by atoms with E-state index in [0.29, 0.717) is 5.56 Å². The molecule has 0 bridgehead atoms. The normalized spacial score (nSPS) is 9.71. The summed E-state index contributed by atoms with van der Waals surface area (Å²) in [6, 6.07) is 11.0. The summed E-state index contributed by atoms with van der Waals surface area (Å²) in [5.74, 6) is -0.478. The minimum absolute atomic E-state index is 0.0936. The zero-order valence-electron chi connectivity index (χ0n) is 11.5. The average molecular weight is 279 g/mol. The van der Waals surface area contributed by atoms with Crippen LogP contribution in [0.25, 0.3) is 17.0 Å². The fourth-order valence-electron chi connectivity index (χ4n) is 1.97. The lowest BCUT2D eigenvalue weighted by Crippen LogP contribution is -1.99. The van der Waals surface area contributed by atoms with Crippen molar-refractivity contribution in [2.24, 2.45) is 0 Å². The summed E-state index contributed by atoms with van der Waals surface area (Å²) >= 11 is 0. The highest BCUT2D eigenvalue weighted by atomic mass is 19.1. The molecule has 0 spiro atoms. The van der Waals surface area contributed by atoms with E-state index in [9.17, 15) is 4.39 Å². The van der Waals surface area contributed by atoms with E-state index < -0.39 is 5.82 Å². The number of benzene rings is 2. The van der Waals surface area contributed by atoms with Gasteiger partial charge in [0.25, 0.3) is 0 Å². The molecule has 0 aromatic heterocycles. The predicted molar refractivity (Wildman–Crippen MR) is 83.6 cm³/mol. The van der Waals surface area contributed by atoms with Gasteiger partial charge in [-0.3, -0.25) is 0 Å². The standard InChI is InChI=1S/C18H14FNO/c1-4-14-11-16(17(19)15(5-2)18(14)20-3)21-12-13-9-7-6-8-10-13/h4-11H,1-2,12H2. The highest BCUT2D eigenvalue weighted by Gasteiger charge is 2.16. The van der Waals surface area contributed by atoms with Crippen LogP contribution in [0.4, 0.5) is 10.1 Å². The Balaban J connectivity index is 2.38. The molecule has 0 N–H and O–H groups in total. The van der Waals surface area contributed by atoms with Crippen LogP contribution in [0.15, 0.2) is 49.6 Å². The maximum Gasteiger partial charge on any atom is 0.204 e. The zero-order chi connectivity index (χ0) is 15.2. The zero-order valence-corrected chi connectivity index (χ0v) is 11.5. The average Bonchev–Trinajstić information content (AvgIpc) is 2.54. The number of ether oxygens (including phenoxy) is 1. The number of nitrogens with zero attached hydrogens (tertiary/aromatic N) is 1. The molecule has 104 valence electrons. The van der Waals surface area contributed by atoms with Gasteiger partial charge >= 0.3 is 0 Å². The number of hydrogen-bond donors (Lipinski definition) is 0. The molecule has 2 aromatic rings. The SMILES string of the molecule is [C-]#[N+]c1c(C=C)cc(OCc2ccccc2)c(F)c1C=C. The molecule has 0 aliphatic heterocycles. The summed E-state index contributed by atoms with van der Waals surface area (Å²) < 4.78 is 19.9. The van der Waals surface area contributed by atoms with E-state index in [2.05, 4.69) is 18.0 Å². The van der Waals surface area contributed by atoms with Gasteiger partial charge < -0.3 is 4.74 Å². The minimum atomic E-state index is -0.572. The van der Waals surface area contributed by atoms with E-state index >= 15 is 0 Å². The first kappa shape index (κ1) is 14.5. The molecule has 2 aromatic carbocycles. The first-order chi connectivity index (χ1) is 10.2. The number of halogens is 1. The van der Waals surface area contributed by atoms with E-state index in [-0.39, 0.29) is 23.6 Å². The maximum atomic E-state index is 14.4. The Labute approximate surface area is 123 Å². The van der Waals surface area contributed by atoms with Gasteiger partial charge in [0, 0.05) is 5.56 Å². The van der Waals surface area contributed by atoms with Crippen LogP contribution in [0.5, 0.6) is 5.75 Å². The Bertz CT molecular complexity index is 714. The van der Waals surface area contributed by atoms with Crippen molar-refractivity contribution in [2.45, 2.75) is 6.61 Å². The van der Waals surface area contributed by atoms with Crippen molar-refractivity contribution in [2.75, 3.05) is 0 Å². The molecule has 0 amide bonds. The molecule has 0 saturated heterocycles. The Kier molecular flexibility index (Phi) is 4.53. The fraction of sp³-hybridized carbons (Fsp3) is 0.0556. The van der Waals surface area contributed by atoms with Crippen LogP contribution in [0.2, 0.25) is 0 Å². The van der Waals surface area contributed by atoms with E-state index in [4.69, 9.17) is 11.3 Å². The van der Waals surface area contributed by atoms with E-state index in [1.165, 1.54) is 18.2 Å². The van der Waals surface area contributed by atoms with Gasteiger partial charge in [-0.15, -0.1) is 0 Å². The van der Waals surface area contributed by atoms with Crippen LogP contribution in [-0.4, -0.2) is 0 Å². The maximum absolute atomic E-state index is 14.4. The van der Waals surface area contributed by atoms with Gasteiger partial charge in [0.1, 0.15) is 6.61 Å². The second-order valence-electron chi connectivity index (χ2n) is 4.33. The second kappa shape index (κ2) is 6.53. The monoisotopic (exact) mass is 279 g/mol. The van der Waals surface area contributed by atoms with E-state index in [0.717, 1.165) is 5.56 Å². The van der Waals surface area contributed by atoms with Gasteiger partial charge in [-0.1, -0.05) is 55.6 Å². The van der Waals surface area contributed by atoms with Crippen LogP contribution in [0.3, 0.4) is 0 Å². The topological polar surface area (TPSA) is 13.6 Å². The van der Waals surface area contributed by atoms with Crippen molar-refractivity contribution in [1.82, 2.24) is 0 Å². The quantitative estimate of drug-likeness (QED) is 0.682. The summed E-state index contributed by atoms with van der Waals surface area (Å²) in [5.41, 5.74) is 1.81. The molecule has 21 heavy (non-hydrogen) atoms. The minimum Gasteiger partial charge on any atom is -0.486 e. The third-order valence-corrected chi connectivity index (χ3v) is 3.04. The molecule has 0 unspecified atom stereocenters. The summed E-state index contributed by atoms with van der Waals surface area (Å²) in [7, 11) is 0. The lowest BCUT2D eigenvalue weighted by molar-refractivity contribution is 0.290. The largest absolute Gasteiger partial charge is 0.486 e. The lowest BCUT2D eigenvalue weighted by atomic mass is 10.1. The van der Waals surface area contributed by atoms with Gasteiger partial charge in [-0.25, -0.2) is 9.24 Å². The summed E-state index contributed by atoms with van der Waals surface area (Å²) in [6.07, 6.45) is 2.83. The molecular formula is C18H14FNO. The summed E-state index contributed by atoms with van der Waals surface area (Å²) in [5, 5.41) is 0. The summed E-state index contributed by atoms with van der Waals surface area (Å²) in [4.78, 5) is 3.34. The van der Waals surface area contributed by atoms with Crippen LogP contribution in [-0.2, 0) is 6.61 Å². The number of rotatable bonds is 5.